The molecule has 4 nitrogen and oxygen atoms in total. The van der Waals surface area contributed by atoms with Crippen molar-refractivity contribution in [2.75, 3.05) is 5.73 Å². The van der Waals surface area contributed by atoms with Crippen molar-refractivity contribution < 1.29 is 42.5 Å². The maximum atomic E-state index is 10.3. The third kappa shape index (κ3) is 4.64. The average molecular weight is 209 g/mol. The number of nitrogen functional groups attached to an aromatic ring is 1. The summed E-state index contributed by atoms with van der Waals surface area (Å²) in [5, 5.41) is 0. The van der Waals surface area contributed by atoms with Crippen molar-refractivity contribution in [1.29, 1.82) is 0 Å². The van der Waals surface area contributed by atoms with E-state index in [-0.39, 0.29) is 29.6 Å². The smallest absolute Gasteiger partial charge is 0.748 e. The maximum Gasteiger partial charge on any atom is 1.00 e. The monoisotopic (exact) mass is 209 g/mol. The summed E-state index contributed by atoms with van der Waals surface area (Å²) in [6.45, 7) is 0. The van der Waals surface area contributed by atoms with Crippen LogP contribution in [0.15, 0.2) is 24.3 Å². The molecular formula is C7H8NNaO3S. The quantitative estimate of drug-likeness (QED) is 0.327. The van der Waals surface area contributed by atoms with Crippen LogP contribution in [0.1, 0.15) is 5.56 Å². The van der Waals surface area contributed by atoms with Gasteiger partial charge in [0.1, 0.15) is 0 Å². The van der Waals surface area contributed by atoms with Gasteiger partial charge < -0.3 is 10.3 Å². The van der Waals surface area contributed by atoms with E-state index in [2.05, 4.69) is 0 Å². The molecule has 0 atom stereocenters. The predicted octanol–water partition coefficient (Wildman–Crippen LogP) is -2.68. The van der Waals surface area contributed by atoms with E-state index in [1.807, 2.05) is 0 Å². The Kier molecular flexibility index (Phi) is 4.95. The van der Waals surface area contributed by atoms with E-state index in [0.717, 1.165) is 0 Å². The Morgan fingerprint density at radius 2 is 1.85 bits per heavy atom. The van der Waals surface area contributed by atoms with Gasteiger partial charge >= 0.3 is 29.6 Å². The molecule has 1 rings (SSSR count). The van der Waals surface area contributed by atoms with Crippen LogP contribution < -0.4 is 35.3 Å². The first kappa shape index (κ1) is 12.9. The van der Waals surface area contributed by atoms with E-state index < -0.39 is 15.9 Å². The molecule has 0 heterocycles. The van der Waals surface area contributed by atoms with Gasteiger partial charge in [0.2, 0.25) is 0 Å². The minimum Gasteiger partial charge on any atom is -0.748 e. The molecule has 6 heteroatoms. The minimum absolute atomic E-state index is 0. The summed E-state index contributed by atoms with van der Waals surface area (Å²) in [4.78, 5) is 0. The number of anilines is 1. The fourth-order valence-electron chi connectivity index (χ4n) is 0.856. The molecule has 0 spiro atoms. The summed E-state index contributed by atoms with van der Waals surface area (Å²) in [6.07, 6.45) is 0. The van der Waals surface area contributed by atoms with Gasteiger partial charge in [-0.1, -0.05) is 18.2 Å². The summed E-state index contributed by atoms with van der Waals surface area (Å²) >= 11 is 0. The molecule has 0 radical (unpaired) electrons. The molecule has 0 bridgehead atoms. The van der Waals surface area contributed by atoms with E-state index in [1.54, 1.807) is 18.2 Å². The molecular weight excluding hydrogens is 201 g/mol. The Balaban J connectivity index is 0.00000144. The van der Waals surface area contributed by atoms with Gasteiger partial charge in [0.15, 0.2) is 0 Å². The largest absolute Gasteiger partial charge is 1.00 e. The topological polar surface area (TPSA) is 83.2 Å². The van der Waals surface area contributed by atoms with Gasteiger partial charge in [-0.15, -0.1) is 0 Å². The summed E-state index contributed by atoms with van der Waals surface area (Å²) in [6, 6.07) is 6.39. The van der Waals surface area contributed by atoms with Crippen LogP contribution in [0.5, 0.6) is 0 Å². The van der Waals surface area contributed by atoms with Crippen molar-refractivity contribution in [3.05, 3.63) is 29.8 Å². The first-order chi connectivity index (χ1) is 5.49. The van der Waals surface area contributed by atoms with E-state index in [4.69, 9.17) is 5.73 Å². The Morgan fingerprint density at radius 3 is 2.31 bits per heavy atom. The second-order valence-electron chi connectivity index (χ2n) is 2.40. The summed E-state index contributed by atoms with van der Waals surface area (Å²) in [7, 11) is -4.23. The first-order valence-electron chi connectivity index (χ1n) is 3.26. The van der Waals surface area contributed by atoms with Gasteiger partial charge in [0.25, 0.3) is 0 Å². The number of nitrogens with two attached hydrogens (primary N) is 1. The predicted molar refractivity (Wildman–Crippen MR) is 44.3 cm³/mol. The molecule has 1 aromatic rings. The van der Waals surface area contributed by atoms with Gasteiger partial charge in [0, 0.05) is 5.69 Å². The third-order valence-corrected chi connectivity index (χ3v) is 2.05. The van der Waals surface area contributed by atoms with Crippen molar-refractivity contribution in [1.82, 2.24) is 0 Å². The molecule has 0 aliphatic heterocycles. The van der Waals surface area contributed by atoms with Gasteiger partial charge in [-0.2, -0.15) is 0 Å². The van der Waals surface area contributed by atoms with Crippen LogP contribution in [0.3, 0.4) is 0 Å². The van der Waals surface area contributed by atoms with Crippen LogP contribution in [0, 0.1) is 0 Å². The van der Waals surface area contributed by atoms with Gasteiger partial charge in [-0.3, -0.25) is 0 Å². The summed E-state index contributed by atoms with van der Waals surface area (Å²) in [5.41, 5.74) is 6.11. The van der Waals surface area contributed by atoms with Crippen molar-refractivity contribution in [3.8, 4) is 0 Å². The average Bonchev–Trinajstić information content (AvgIpc) is 1.91. The summed E-state index contributed by atoms with van der Waals surface area (Å²) in [5.74, 6) is -0.542. The second kappa shape index (κ2) is 4.97. The number of rotatable bonds is 2. The van der Waals surface area contributed by atoms with Crippen molar-refractivity contribution in [3.63, 3.8) is 0 Å². The van der Waals surface area contributed by atoms with E-state index in [9.17, 15) is 13.0 Å². The Labute approximate surface area is 99.2 Å². The van der Waals surface area contributed by atoms with Crippen LogP contribution >= 0.6 is 0 Å². The SMILES string of the molecule is Nc1ccccc1CS(=O)(=O)[O-].[Na+]. The molecule has 0 aliphatic rings. The van der Waals surface area contributed by atoms with E-state index in [0.29, 0.717) is 11.3 Å². The summed E-state index contributed by atoms with van der Waals surface area (Å²) < 4.78 is 31.0. The molecule has 0 aromatic heterocycles. The molecule has 2 N–H and O–H groups in total. The van der Waals surface area contributed by atoms with Gasteiger partial charge in [0.05, 0.1) is 15.9 Å². The molecule has 0 saturated carbocycles. The fraction of sp³-hybridized carbons (Fsp3) is 0.143. The Morgan fingerprint density at radius 1 is 1.31 bits per heavy atom. The third-order valence-electron chi connectivity index (χ3n) is 1.39. The Hall–Kier alpha value is -0.0700. The van der Waals surface area contributed by atoms with E-state index >= 15 is 0 Å². The van der Waals surface area contributed by atoms with Gasteiger partial charge in [-0.05, 0) is 11.6 Å². The van der Waals surface area contributed by atoms with Crippen molar-refractivity contribution in [2.24, 2.45) is 0 Å². The molecule has 0 amide bonds. The molecule has 0 fully saturated rings. The fourth-order valence-corrected chi connectivity index (χ4v) is 1.50. The van der Waals surface area contributed by atoms with Gasteiger partial charge in [-0.25, -0.2) is 8.42 Å². The molecule has 1 aromatic carbocycles. The van der Waals surface area contributed by atoms with Crippen LogP contribution in [0.25, 0.3) is 0 Å². The maximum absolute atomic E-state index is 10.3. The van der Waals surface area contributed by atoms with E-state index in [1.165, 1.54) is 6.07 Å². The normalized spacial score (nSPS) is 10.5. The second-order valence-corrected chi connectivity index (χ2v) is 3.80. The zero-order chi connectivity index (χ0) is 9.19. The number of hydrogen-bond acceptors (Lipinski definition) is 4. The molecule has 0 saturated heterocycles. The minimum atomic E-state index is -4.23. The van der Waals surface area contributed by atoms with Crippen LogP contribution in [0.4, 0.5) is 5.69 Å². The van der Waals surface area contributed by atoms with Crippen LogP contribution in [-0.2, 0) is 15.9 Å². The number of hydrogen-bond donors (Lipinski definition) is 1. The van der Waals surface area contributed by atoms with Crippen LogP contribution in [0.2, 0.25) is 0 Å². The number of benzene rings is 1. The standard InChI is InChI=1S/C7H9NO3S.Na/c8-7-4-2-1-3-6(7)5-12(9,10)11;/h1-4H,5,8H2,(H,9,10,11);/q;+1/p-1. The van der Waals surface area contributed by atoms with Crippen LogP contribution in [-0.4, -0.2) is 13.0 Å². The molecule has 0 aliphatic carbocycles. The van der Waals surface area contributed by atoms with Crippen molar-refractivity contribution in [2.45, 2.75) is 5.75 Å². The first-order valence-corrected chi connectivity index (χ1v) is 4.84. The zero-order valence-electron chi connectivity index (χ0n) is 7.23. The number of para-hydroxylation sites is 1. The Bertz CT molecular complexity index is 377. The molecule has 13 heavy (non-hydrogen) atoms. The molecule has 0 unspecified atom stereocenters. The zero-order valence-corrected chi connectivity index (χ0v) is 10.0. The molecule has 66 valence electrons. The van der Waals surface area contributed by atoms with Crippen molar-refractivity contribution >= 4 is 15.8 Å².